The van der Waals surface area contributed by atoms with Crippen LogP contribution in [0.3, 0.4) is 0 Å². The van der Waals surface area contributed by atoms with E-state index in [-0.39, 0.29) is 11.3 Å². The van der Waals surface area contributed by atoms with E-state index in [0.29, 0.717) is 5.65 Å². The highest BCUT2D eigenvalue weighted by molar-refractivity contribution is 5.79. The molecule has 0 aromatic carbocycles. The molecule has 0 saturated heterocycles. The van der Waals surface area contributed by atoms with Crippen molar-refractivity contribution in [3.8, 4) is 0 Å². The number of H-pyrrole nitrogens is 1. The average Bonchev–Trinajstić information content (AvgIpc) is 2.82. The van der Waals surface area contributed by atoms with Crippen LogP contribution >= 0.6 is 0 Å². The van der Waals surface area contributed by atoms with E-state index >= 15 is 0 Å². The molecule has 3 aromatic heterocycles. The summed E-state index contributed by atoms with van der Waals surface area (Å²) in [4.78, 5) is 17.1. The minimum Gasteiger partial charge on any atom is -0.346 e. The van der Waals surface area contributed by atoms with Gasteiger partial charge in [0.1, 0.15) is 11.8 Å². The molecule has 0 radical (unpaired) electrons. The molecule has 0 atom stereocenters. The Bertz CT molecular complexity index is 668. The fourth-order valence-electron chi connectivity index (χ4n) is 1.54. The fourth-order valence-corrected chi connectivity index (χ4v) is 1.54. The number of fused-ring (bicyclic) bond motifs is 3. The van der Waals surface area contributed by atoms with Gasteiger partial charge in [0.25, 0.3) is 0 Å². The summed E-state index contributed by atoms with van der Waals surface area (Å²) in [6, 6.07) is 1.83. The highest BCUT2D eigenvalue weighted by Crippen LogP contribution is 2.20. The van der Waals surface area contributed by atoms with E-state index in [0.717, 1.165) is 5.39 Å². The quantitative estimate of drug-likeness (QED) is 0.474. The summed E-state index contributed by atoms with van der Waals surface area (Å²) in [6.45, 7) is 0. The first kappa shape index (κ1) is 7.92. The highest BCUT2D eigenvalue weighted by Gasteiger charge is 2.17. The zero-order valence-electron chi connectivity index (χ0n) is 7.41. The fraction of sp³-hybridized carbons (Fsp3) is 0. The molecule has 0 aliphatic rings. The van der Waals surface area contributed by atoms with Crippen molar-refractivity contribution in [3.05, 3.63) is 34.8 Å². The van der Waals surface area contributed by atoms with Gasteiger partial charge < -0.3 is 4.98 Å². The van der Waals surface area contributed by atoms with E-state index in [9.17, 15) is 10.1 Å². The van der Waals surface area contributed by atoms with Gasteiger partial charge in [-0.25, -0.2) is 4.98 Å². The summed E-state index contributed by atoms with van der Waals surface area (Å²) in [5.41, 5.74) is 0.856. The van der Waals surface area contributed by atoms with E-state index in [1.165, 1.54) is 10.7 Å². The number of aromatic amines is 1. The smallest absolute Gasteiger partial charge is 0.333 e. The predicted octanol–water partition coefficient (Wildman–Crippen LogP) is 1.12. The topological polar surface area (TPSA) is 89.1 Å². The zero-order valence-corrected chi connectivity index (χ0v) is 7.41. The molecule has 0 saturated carbocycles. The number of hydrogen-bond acceptors (Lipinski definition) is 4. The second kappa shape index (κ2) is 2.53. The SMILES string of the molecule is O=[N+]([O-])c1cnn2c1ncc1cc[nH]c12. The van der Waals surface area contributed by atoms with Crippen molar-refractivity contribution in [2.45, 2.75) is 0 Å². The van der Waals surface area contributed by atoms with Crippen molar-refractivity contribution >= 4 is 22.4 Å². The largest absolute Gasteiger partial charge is 0.346 e. The number of nitrogens with zero attached hydrogens (tertiary/aromatic N) is 4. The van der Waals surface area contributed by atoms with Gasteiger partial charge in [0, 0.05) is 17.8 Å². The van der Waals surface area contributed by atoms with Crippen LogP contribution < -0.4 is 0 Å². The van der Waals surface area contributed by atoms with E-state index in [2.05, 4.69) is 15.1 Å². The predicted molar refractivity (Wildman–Crippen MR) is 51.5 cm³/mol. The standard InChI is InChI=1S/C8H5N5O2/c14-13(15)6-4-11-12-7-5(1-2-9-7)3-10-8(6)12/h1-4,9H. The maximum atomic E-state index is 10.7. The number of nitrogens with one attached hydrogen (secondary N) is 1. The molecule has 7 nitrogen and oxygen atoms in total. The van der Waals surface area contributed by atoms with Crippen LogP contribution in [0.4, 0.5) is 5.69 Å². The van der Waals surface area contributed by atoms with Crippen molar-refractivity contribution in [3.63, 3.8) is 0 Å². The van der Waals surface area contributed by atoms with Crippen LogP contribution in [0.1, 0.15) is 0 Å². The molecule has 3 aromatic rings. The van der Waals surface area contributed by atoms with E-state index in [1.807, 2.05) is 6.07 Å². The Morgan fingerprint density at radius 1 is 1.47 bits per heavy atom. The van der Waals surface area contributed by atoms with Crippen LogP contribution in [0.25, 0.3) is 16.7 Å². The Morgan fingerprint density at radius 2 is 2.33 bits per heavy atom. The van der Waals surface area contributed by atoms with Gasteiger partial charge in [0.05, 0.1) is 4.92 Å². The molecule has 0 amide bonds. The number of hydrogen-bond donors (Lipinski definition) is 1. The first-order chi connectivity index (χ1) is 7.27. The maximum Gasteiger partial charge on any atom is 0.333 e. The summed E-state index contributed by atoms with van der Waals surface area (Å²) in [5.74, 6) is 0. The van der Waals surface area contributed by atoms with Crippen molar-refractivity contribution < 1.29 is 4.92 Å². The van der Waals surface area contributed by atoms with Gasteiger partial charge in [0.2, 0.25) is 5.65 Å². The molecule has 1 N–H and O–H groups in total. The van der Waals surface area contributed by atoms with Crippen molar-refractivity contribution in [1.82, 2.24) is 19.6 Å². The minimum absolute atomic E-state index is 0.0912. The van der Waals surface area contributed by atoms with Gasteiger partial charge in [-0.3, -0.25) is 10.1 Å². The normalized spacial score (nSPS) is 11.2. The van der Waals surface area contributed by atoms with Gasteiger partial charge in [-0.1, -0.05) is 0 Å². The third-order valence-electron chi connectivity index (χ3n) is 2.22. The molecular formula is C8H5N5O2. The summed E-state index contributed by atoms with van der Waals surface area (Å²) in [5, 5.41) is 15.4. The Kier molecular flexibility index (Phi) is 1.34. The third kappa shape index (κ3) is 0.938. The molecule has 3 rings (SSSR count). The van der Waals surface area contributed by atoms with Crippen LogP contribution in [-0.4, -0.2) is 24.5 Å². The Balaban J connectivity index is 2.51. The Hall–Kier alpha value is -2.44. The maximum absolute atomic E-state index is 10.7. The van der Waals surface area contributed by atoms with Gasteiger partial charge in [-0.05, 0) is 6.07 Å². The molecule has 7 heteroatoms. The van der Waals surface area contributed by atoms with Crippen molar-refractivity contribution in [2.24, 2.45) is 0 Å². The van der Waals surface area contributed by atoms with E-state index < -0.39 is 4.92 Å². The molecule has 0 bridgehead atoms. The number of aromatic nitrogens is 4. The van der Waals surface area contributed by atoms with Crippen LogP contribution in [0.5, 0.6) is 0 Å². The van der Waals surface area contributed by atoms with Gasteiger partial charge >= 0.3 is 5.69 Å². The van der Waals surface area contributed by atoms with Crippen LogP contribution in [0, 0.1) is 10.1 Å². The molecule has 0 aliphatic carbocycles. The van der Waals surface area contributed by atoms with Crippen molar-refractivity contribution in [2.75, 3.05) is 0 Å². The Labute approximate surface area is 82.5 Å². The monoisotopic (exact) mass is 203 g/mol. The number of rotatable bonds is 1. The highest BCUT2D eigenvalue weighted by atomic mass is 16.6. The molecule has 15 heavy (non-hydrogen) atoms. The van der Waals surface area contributed by atoms with Crippen LogP contribution in [0.15, 0.2) is 24.7 Å². The second-order valence-electron chi connectivity index (χ2n) is 3.06. The van der Waals surface area contributed by atoms with Gasteiger partial charge in [0.15, 0.2) is 0 Å². The average molecular weight is 203 g/mol. The summed E-state index contributed by atoms with van der Waals surface area (Å²) in [7, 11) is 0. The molecule has 0 aliphatic heterocycles. The lowest BCUT2D eigenvalue weighted by Gasteiger charge is -1.93. The molecule has 0 unspecified atom stereocenters. The molecule has 0 fully saturated rings. The molecule has 74 valence electrons. The van der Waals surface area contributed by atoms with Crippen LogP contribution in [0.2, 0.25) is 0 Å². The first-order valence-electron chi connectivity index (χ1n) is 4.21. The van der Waals surface area contributed by atoms with E-state index in [1.54, 1.807) is 12.4 Å². The third-order valence-corrected chi connectivity index (χ3v) is 2.22. The lowest BCUT2D eigenvalue weighted by molar-refractivity contribution is -0.383. The summed E-state index contributed by atoms with van der Waals surface area (Å²) in [6.07, 6.45) is 4.51. The minimum atomic E-state index is -0.496. The van der Waals surface area contributed by atoms with Crippen LogP contribution in [-0.2, 0) is 0 Å². The molecular weight excluding hydrogens is 198 g/mol. The first-order valence-corrected chi connectivity index (χ1v) is 4.21. The van der Waals surface area contributed by atoms with Gasteiger partial charge in [-0.2, -0.15) is 9.61 Å². The lowest BCUT2D eigenvalue weighted by Crippen LogP contribution is -1.93. The zero-order chi connectivity index (χ0) is 10.4. The Morgan fingerprint density at radius 3 is 3.13 bits per heavy atom. The molecule has 3 heterocycles. The van der Waals surface area contributed by atoms with Crippen molar-refractivity contribution in [1.29, 1.82) is 0 Å². The molecule has 0 spiro atoms. The van der Waals surface area contributed by atoms with E-state index in [4.69, 9.17) is 0 Å². The summed E-state index contributed by atoms with van der Waals surface area (Å²) < 4.78 is 1.42. The second-order valence-corrected chi connectivity index (χ2v) is 3.06. The van der Waals surface area contributed by atoms with Gasteiger partial charge in [-0.15, -0.1) is 0 Å². The number of nitro groups is 1. The lowest BCUT2D eigenvalue weighted by atomic mass is 10.4. The summed E-state index contributed by atoms with van der Waals surface area (Å²) >= 11 is 0.